The minimum absolute atomic E-state index is 0.394. The Morgan fingerprint density at radius 3 is 2.23 bits per heavy atom. The first-order valence-corrected chi connectivity index (χ1v) is 7.74. The van der Waals surface area contributed by atoms with Gasteiger partial charge in [-0.2, -0.15) is 0 Å². The highest BCUT2D eigenvalue weighted by Crippen LogP contribution is 2.22. The highest BCUT2D eigenvalue weighted by molar-refractivity contribution is 6.40. The normalized spacial score (nSPS) is 15.7. The molecule has 1 aromatic rings. The van der Waals surface area contributed by atoms with E-state index in [4.69, 9.17) is 28.9 Å². The van der Waals surface area contributed by atoms with Gasteiger partial charge in [0.05, 0.1) is 0 Å². The van der Waals surface area contributed by atoms with Crippen molar-refractivity contribution in [3.8, 4) is 0 Å². The first-order chi connectivity index (χ1) is 10.5. The molecule has 22 heavy (non-hydrogen) atoms. The van der Waals surface area contributed by atoms with Crippen LogP contribution in [0.3, 0.4) is 0 Å². The number of nitrogens with one attached hydrogen (secondary N) is 1. The van der Waals surface area contributed by atoms with E-state index in [2.05, 4.69) is 10.2 Å². The molecule has 1 aromatic carbocycles. The first-order valence-electron chi connectivity index (χ1n) is 6.98. The largest absolute Gasteiger partial charge is 0.332 e. The third-order valence-corrected chi connectivity index (χ3v) is 3.86. The number of carbonyl (C=O) groups excluding carboxylic acids is 2. The Morgan fingerprint density at radius 1 is 1.09 bits per heavy atom. The molecule has 1 saturated heterocycles. The molecule has 6 nitrogen and oxygen atoms in total. The predicted molar refractivity (Wildman–Crippen MR) is 87.2 cm³/mol. The van der Waals surface area contributed by atoms with E-state index in [9.17, 15) is 9.59 Å². The van der Waals surface area contributed by atoms with E-state index in [1.165, 1.54) is 17.0 Å². The SMILES string of the molecule is NCCN1CCN(C(=O)C(=O)Nc2cc(Cl)cc(Cl)c2)CC1. The second-order valence-corrected chi connectivity index (χ2v) is 5.91. The lowest BCUT2D eigenvalue weighted by Gasteiger charge is -2.34. The Labute approximate surface area is 139 Å². The van der Waals surface area contributed by atoms with E-state index < -0.39 is 11.8 Å². The highest BCUT2D eigenvalue weighted by Gasteiger charge is 2.25. The van der Waals surface area contributed by atoms with E-state index in [1.54, 1.807) is 6.07 Å². The van der Waals surface area contributed by atoms with Crippen LogP contribution in [0.4, 0.5) is 5.69 Å². The number of benzene rings is 1. The van der Waals surface area contributed by atoms with Crippen molar-refractivity contribution in [1.29, 1.82) is 0 Å². The Hall–Kier alpha value is -1.34. The molecule has 0 atom stereocenters. The molecule has 0 radical (unpaired) electrons. The summed E-state index contributed by atoms with van der Waals surface area (Å²) in [6, 6.07) is 4.63. The van der Waals surface area contributed by atoms with Crippen molar-refractivity contribution in [3.63, 3.8) is 0 Å². The van der Waals surface area contributed by atoms with E-state index in [-0.39, 0.29) is 0 Å². The molecule has 0 spiro atoms. The molecule has 1 aliphatic rings. The summed E-state index contributed by atoms with van der Waals surface area (Å²) < 4.78 is 0. The van der Waals surface area contributed by atoms with Crippen LogP contribution in [0, 0.1) is 0 Å². The molecule has 8 heteroatoms. The predicted octanol–water partition coefficient (Wildman–Crippen LogP) is 1.03. The van der Waals surface area contributed by atoms with Crippen molar-refractivity contribution >= 4 is 40.7 Å². The van der Waals surface area contributed by atoms with Gasteiger partial charge in [0.15, 0.2) is 0 Å². The van der Waals surface area contributed by atoms with Crippen molar-refractivity contribution in [3.05, 3.63) is 28.2 Å². The average Bonchev–Trinajstić information content (AvgIpc) is 2.46. The molecule has 0 unspecified atom stereocenters. The minimum atomic E-state index is -0.689. The number of piperazine rings is 1. The lowest BCUT2D eigenvalue weighted by molar-refractivity contribution is -0.144. The van der Waals surface area contributed by atoms with Gasteiger partial charge in [-0.3, -0.25) is 14.5 Å². The maximum atomic E-state index is 12.1. The maximum Gasteiger partial charge on any atom is 0.313 e. The molecule has 0 aliphatic carbocycles. The molecule has 2 amide bonds. The fraction of sp³-hybridized carbons (Fsp3) is 0.429. The van der Waals surface area contributed by atoms with Gasteiger partial charge in [0.25, 0.3) is 0 Å². The zero-order chi connectivity index (χ0) is 16.1. The lowest BCUT2D eigenvalue weighted by atomic mass is 10.3. The van der Waals surface area contributed by atoms with E-state index in [0.29, 0.717) is 35.4 Å². The Bertz CT molecular complexity index is 540. The molecule has 3 N–H and O–H groups in total. The van der Waals surface area contributed by atoms with Crippen LogP contribution in [0.1, 0.15) is 0 Å². The minimum Gasteiger partial charge on any atom is -0.332 e. The smallest absolute Gasteiger partial charge is 0.313 e. The van der Waals surface area contributed by atoms with Crippen LogP contribution in [0.2, 0.25) is 10.0 Å². The molecule has 0 saturated carbocycles. The van der Waals surface area contributed by atoms with E-state index in [0.717, 1.165) is 19.6 Å². The van der Waals surface area contributed by atoms with Gasteiger partial charge in [0.1, 0.15) is 0 Å². The van der Waals surface area contributed by atoms with E-state index >= 15 is 0 Å². The van der Waals surface area contributed by atoms with Crippen molar-refractivity contribution in [1.82, 2.24) is 9.80 Å². The quantitative estimate of drug-likeness (QED) is 0.803. The van der Waals surface area contributed by atoms with Gasteiger partial charge >= 0.3 is 11.8 Å². The van der Waals surface area contributed by atoms with Gasteiger partial charge in [0.2, 0.25) is 0 Å². The fourth-order valence-electron chi connectivity index (χ4n) is 2.31. The second kappa shape index (κ2) is 7.78. The molecule has 120 valence electrons. The monoisotopic (exact) mass is 344 g/mol. The standard InChI is InChI=1S/C14H18Cl2N4O2/c15-10-7-11(16)9-12(8-10)18-13(21)14(22)20-5-3-19(2-1-17)4-6-20/h7-9H,1-6,17H2,(H,18,21). The summed E-state index contributed by atoms with van der Waals surface area (Å²) in [6.45, 7) is 3.86. The van der Waals surface area contributed by atoms with Crippen molar-refractivity contribution in [2.24, 2.45) is 5.73 Å². The topological polar surface area (TPSA) is 78.7 Å². The highest BCUT2D eigenvalue weighted by atomic mass is 35.5. The van der Waals surface area contributed by atoms with Crippen molar-refractivity contribution < 1.29 is 9.59 Å². The second-order valence-electron chi connectivity index (χ2n) is 5.03. The molecule has 1 fully saturated rings. The summed E-state index contributed by atoms with van der Waals surface area (Å²) in [7, 11) is 0. The van der Waals surface area contributed by atoms with Crippen LogP contribution < -0.4 is 11.1 Å². The number of halogens is 2. The van der Waals surface area contributed by atoms with Crippen LogP contribution in [-0.4, -0.2) is 60.9 Å². The van der Waals surface area contributed by atoms with Crippen LogP contribution in [0.5, 0.6) is 0 Å². The molecule has 1 heterocycles. The number of hydrogen-bond acceptors (Lipinski definition) is 4. The molecule has 2 rings (SSSR count). The number of rotatable bonds is 3. The van der Waals surface area contributed by atoms with Crippen LogP contribution in [0.25, 0.3) is 0 Å². The number of amides is 2. The summed E-state index contributed by atoms with van der Waals surface area (Å²) in [4.78, 5) is 27.9. The lowest BCUT2D eigenvalue weighted by Crippen LogP contribution is -2.52. The maximum absolute atomic E-state index is 12.1. The number of carbonyl (C=O) groups is 2. The van der Waals surface area contributed by atoms with Gasteiger partial charge < -0.3 is 16.0 Å². The van der Waals surface area contributed by atoms with Gasteiger partial charge in [-0.05, 0) is 18.2 Å². The number of nitrogens with two attached hydrogens (primary N) is 1. The Kier molecular flexibility index (Phi) is 6.02. The molecular formula is C14H18Cl2N4O2. The van der Waals surface area contributed by atoms with Crippen molar-refractivity contribution in [2.45, 2.75) is 0 Å². The molecular weight excluding hydrogens is 327 g/mol. The average molecular weight is 345 g/mol. The molecule has 1 aliphatic heterocycles. The fourth-order valence-corrected chi connectivity index (χ4v) is 2.84. The molecule has 0 aromatic heterocycles. The first kappa shape index (κ1) is 17.0. The summed E-state index contributed by atoms with van der Waals surface area (Å²) in [5.74, 6) is -1.24. The number of nitrogens with zero attached hydrogens (tertiary/aromatic N) is 2. The summed E-state index contributed by atoms with van der Waals surface area (Å²) in [5, 5.41) is 3.31. The van der Waals surface area contributed by atoms with Gasteiger partial charge in [-0.15, -0.1) is 0 Å². The molecule has 0 bridgehead atoms. The van der Waals surface area contributed by atoms with E-state index in [1.807, 2.05) is 0 Å². The van der Waals surface area contributed by atoms with Crippen molar-refractivity contribution in [2.75, 3.05) is 44.6 Å². The zero-order valence-corrected chi connectivity index (χ0v) is 13.5. The summed E-state index contributed by atoms with van der Waals surface area (Å²) in [6.07, 6.45) is 0. The van der Waals surface area contributed by atoms with Crippen LogP contribution in [-0.2, 0) is 9.59 Å². The zero-order valence-electron chi connectivity index (χ0n) is 12.0. The summed E-state index contributed by atoms with van der Waals surface area (Å²) >= 11 is 11.7. The third-order valence-electron chi connectivity index (χ3n) is 3.42. The number of anilines is 1. The number of hydrogen-bond donors (Lipinski definition) is 2. The third kappa shape index (κ3) is 4.58. The summed E-state index contributed by atoms with van der Waals surface area (Å²) in [5.41, 5.74) is 5.91. The van der Waals surface area contributed by atoms with Crippen LogP contribution >= 0.6 is 23.2 Å². The van der Waals surface area contributed by atoms with Crippen LogP contribution in [0.15, 0.2) is 18.2 Å². The van der Waals surface area contributed by atoms with Gasteiger partial charge in [-0.25, -0.2) is 0 Å². The Balaban J connectivity index is 1.91. The van der Waals surface area contributed by atoms with Gasteiger partial charge in [0, 0.05) is 55.0 Å². The Morgan fingerprint density at radius 2 is 1.68 bits per heavy atom. The van der Waals surface area contributed by atoms with Gasteiger partial charge in [-0.1, -0.05) is 23.2 Å².